The van der Waals surface area contributed by atoms with E-state index >= 15 is 0 Å². The van der Waals surface area contributed by atoms with E-state index in [-0.39, 0.29) is 15.0 Å². The van der Waals surface area contributed by atoms with Crippen molar-refractivity contribution in [3.63, 3.8) is 0 Å². The van der Waals surface area contributed by atoms with E-state index < -0.39 is 0 Å². The quantitative estimate of drug-likeness (QED) is 0.384. The van der Waals surface area contributed by atoms with E-state index in [0.29, 0.717) is 0 Å². The molecule has 0 radical (unpaired) electrons. The van der Waals surface area contributed by atoms with Gasteiger partial charge in [-0.1, -0.05) is 0 Å². The van der Waals surface area contributed by atoms with Crippen LogP contribution in [0.2, 0.25) is 0 Å². The fourth-order valence-electron chi connectivity index (χ4n) is 3.93. The number of morpholine rings is 1. The van der Waals surface area contributed by atoms with Crippen LogP contribution >= 0.6 is 0 Å². The van der Waals surface area contributed by atoms with Crippen LogP contribution in [0.3, 0.4) is 0 Å². The van der Waals surface area contributed by atoms with E-state index in [9.17, 15) is 0 Å². The van der Waals surface area contributed by atoms with E-state index in [0.717, 1.165) is 37.7 Å². The normalized spacial score (nSPS) is 18.6. The summed E-state index contributed by atoms with van der Waals surface area (Å²) in [6.07, 6.45) is 13.6. The Bertz CT molecular complexity index is 1120. The van der Waals surface area contributed by atoms with Crippen LogP contribution in [-0.4, -0.2) is 51.5 Å². The maximum atomic E-state index is 5.93. The molecule has 0 aromatic heterocycles. The molecule has 0 atom stereocenters. The molecule has 160 valence electrons. The Morgan fingerprint density at radius 3 is 1.66 bits per heavy atom. The second-order valence-electron chi connectivity index (χ2n) is 7.96. The Kier molecular flexibility index (Phi) is 5.95. The predicted molar refractivity (Wildman–Crippen MR) is 135 cm³/mol. The third-order valence-electron chi connectivity index (χ3n) is 5.76. The number of hydrogen-bond acceptors (Lipinski definition) is 3. The molecule has 2 aromatic carbocycles. The van der Waals surface area contributed by atoms with Gasteiger partial charge in [-0.2, -0.15) is 0 Å². The summed E-state index contributed by atoms with van der Waals surface area (Å²) >= 11 is 0.184. The first-order valence-electron chi connectivity index (χ1n) is 10.8. The van der Waals surface area contributed by atoms with E-state index in [1.807, 2.05) is 24.3 Å². The summed E-state index contributed by atoms with van der Waals surface area (Å²) in [5.41, 5.74) is 19.6. The zero-order valence-electron chi connectivity index (χ0n) is 17.8. The van der Waals surface area contributed by atoms with E-state index in [2.05, 4.69) is 65.3 Å². The molecule has 2 aromatic rings. The summed E-state index contributed by atoms with van der Waals surface area (Å²) in [6, 6.07) is 16.4. The van der Waals surface area contributed by atoms with Gasteiger partial charge >= 0.3 is 195 Å². The number of nitrogen functional groups attached to an aromatic ring is 2. The Labute approximate surface area is 195 Å². The van der Waals surface area contributed by atoms with Crippen LogP contribution in [0.5, 0.6) is 0 Å². The van der Waals surface area contributed by atoms with Gasteiger partial charge in [0, 0.05) is 0 Å². The van der Waals surface area contributed by atoms with Crippen molar-refractivity contribution in [3.8, 4) is 0 Å². The van der Waals surface area contributed by atoms with Crippen molar-refractivity contribution in [1.82, 2.24) is 0 Å². The number of nitrogens with two attached hydrogens (primary N) is 2. The summed E-state index contributed by atoms with van der Waals surface area (Å²) in [7, 11) is 0. The SMILES string of the molecule is Nc1ccc(C2=CC(=C3C=CC(=[N+]4CCOCC4)C=C3)C=C(c3ccc(N)cc3)[Se]2)cc1. The Morgan fingerprint density at radius 1 is 0.656 bits per heavy atom. The van der Waals surface area contributed by atoms with Crippen molar-refractivity contribution in [2.45, 2.75) is 0 Å². The van der Waals surface area contributed by atoms with Crippen LogP contribution in [-0.2, 0) is 4.74 Å². The minimum atomic E-state index is 0.184. The predicted octanol–water partition coefficient (Wildman–Crippen LogP) is 3.86. The number of anilines is 2. The molecular formula is C27H26N3OSe+. The fourth-order valence-corrected chi connectivity index (χ4v) is 6.28. The van der Waals surface area contributed by atoms with Gasteiger partial charge in [0.2, 0.25) is 0 Å². The van der Waals surface area contributed by atoms with Crippen LogP contribution < -0.4 is 11.5 Å². The summed E-state index contributed by atoms with van der Waals surface area (Å²) in [6.45, 7) is 3.48. The average molecular weight is 487 g/mol. The van der Waals surface area contributed by atoms with Crippen LogP contribution in [0, 0.1) is 0 Å². The molecular weight excluding hydrogens is 461 g/mol. The van der Waals surface area contributed by atoms with Gasteiger partial charge in [-0.25, -0.2) is 0 Å². The van der Waals surface area contributed by atoms with Gasteiger partial charge < -0.3 is 0 Å². The second kappa shape index (κ2) is 9.17. The molecule has 2 aliphatic heterocycles. The molecule has 4 N–H and O–H groups in total. The number of nitrogens with zero attached hydrogens (tertiary/aromatic N) is 1. The molecule has 4 nitrogen and oxygen atoms in total. The number of hydrogen-bond donors (Lipinski definition) is 2. The monoisotopic (exact) mass is 488 g/mol. The molecule has 0 saturated carbocycles. The Morgan fingerprint density at radius 2 is 1.16 bits per heavy atom. The number of allylic oxidation sites excluding steroid dienone is 8. The first-order valence-corrected chi connectivity index (χ1v) is 12.5. The van der Waals surface area contributed by atoms with Crippen LogP contribution in [0.4, 0.5) is 11.4 Å². The summed E-state index contributed by atoms with van der Waals surface area (Å²) in [4.78, 5) is 0. The number of benzene rings is 2. The molecule has 0 amide bonds. The minimum absolute atomic E-state index is 0.184. The molecule has 1 saturated heterocycles. The van der Waals surface area contributed by atoms with Gasteiger partial charge in [-0.3, -0.25) is 0 Å². The summed E-state index contributed by atoms with van der Waals surface area (Å²) in [5, 5.41) is 0. The summed E-state index contributed by atoms with van der Waals surface area (Å²) in [5.74, 6) is 0. The van der Waals surface area contributed by atoms with Crippen molar-refractivity contribution in [2.24, 2.45) is 0 Å². The third-order valence-corrected chi connectivity index (χ3v) is 8.17. The van der Waals surface area contributed by atoms with Crippen LogP contribution in [0.25, 0.3) is 8.94 Å². The fraction of sp³-hybridized carbons (Fsp3) is 0.148. The van der Waals surface area contributed by atoms with Gasteiger partial charge in [0.15, 0.2) is 0 Å². The van der Waals surface area contributed by atoms with Crippen molar-refractivity contribution < 1.29 is 9.31 Å². The average Bonchev–Trinajstić information content (AvgIpc) is 2.85. The van der Waals surface area contributed by atoms with Crippen LogP contribution in [0.15, 0.2) is 96.1 Å². The molecule has 0 unspecified atom stereocenters. The van der Waals surface area contributed by atoms with Crippen molar-refractivity contribution in [1.29, 1.82) is 0 Å². The van der Waals surface area contributed by atoms with Gasteiger partial charge in [-0.15, -0.1) is 0 Å². The molecule has 32 heavy (non-hydrogen) atoms. The molecule has 0 spiro atoms. The molecule has 1 aliphatic carbocycles. The van der Waals surface area contributed by atoms with E-state index in [4.69, 9.17) is 16.2 Å². The standard InChI is InChI=1S/C27H25N3OSe/c28-23-7-1-20(2-8-23)26-17-22(18-27(32-26)21-3-9-24(29)10-4-21)19-5-11-25(12-6-19)30-13-15-31-16-14-30/h1-12,17-18H,13-16H2,(H3,28,29)/p+1. The summed E-state index contributed by atoms with van der Waals surface area (Å²) < 4.78 is 10.6. The maximum absolute atomic E-state index is 5.93. The Balaban J connectivity index is 1.54. The van der Waals surface area contributed by atoms with E-state index in [1.165, 1.54) is 36.9 Å². The third kappa shape index (κ3) is 4.56. The van der Waals surface area contributed by atoms with Crippen molar-refractivity contribution >= 4 is 41.0 Å². The molecule has 0 bridgehead atoms. The first-order chi connectivity index (χ1) is 15.7. The van der Waals surface area contributed by atoms with Crippen molar-refractivity contribution in [2.75, 3.05) is 37.8 Å². The van der Waals surface area contributed by atoms with Gasteiger partial charge in [0.25, 0.3) is 0 Å². The van der Waals surface area contributed by atoms with E-state index in [1.54, 1.807) is 0 Å². The van der Waals surface area contributed by atoms with Gasteiger partial charge in [0.1, 0.15) is 0 Å². The van der Waals surface area contributed by atoms with Crippen LogP contribution in [0.1, 0.15) is 11.1 Å². The topological polar surface area (TPSA) is 64.3 Å². The van der Waals surface area contributed by atoms with Gasteiger partial charge in [-0.05, 0) is 0 Å². The molecule has 1 fully saturated rings. The molecule has 5 heteroatoms. The van der Waals surface area contributed by atoms with Gasteiger partial charge in [0.05, 0.1) is 0 Å². The second-order valence-corrected chi connectivity index (χ2v) is 10.2. The Hall–Kier alpha value is -3.11. The zero-order chi connectivity index (χ0) is 21.9. The zero-order valence-corrected chi connectivity index (χ0v) is 19.5. The molecule has 5 rings (SSSR count). The molecule has 3 aliphatic rings. The number of ether oxygens (including phenoxy) is 1. The molecule has 2 heterocycles. The number of rotatable bonds is 2. The first kappa shape index (κ1) is 20.8. The van der Waals surface area contributed by atoms with Crippen molar-refractivity contribution in [3.05, 3.63) is 107 Å².